The van der Waals surface area contributed by atoms with Crippen molar-refractivity contribution in [2.75, 3.05) is 0 Å². The molecular weight excluding hydrogens is 514 g/mol. The lowest BCUT2D eigenvalue weighted by molar-refractivity contribution is -0.141. The smallest absolute Gasteiger partial charge is 0.408 e. The van der Waals surface area contributed by atoms with E-state index in [1.54, 1.807) is 18.2 Å². The first kappa shape index (κ1) is 24.6. The average molecular weight is 529 g/mol. The molecule has 4 aromatic heterocycles. The Morgan fingerprint density at radius 3 is 2.53 bits per heavy atom. The van der Waals surface area contributed by atoms with Crippen molar-refractivity contribution in [3.8, 4) is 0 Å². The number of hydrogen-bond acceptors (Lipinski definition) is 7. The van der Waals surface area contributed by atoms with E-state index in [4.69, 9.17) is 4.42 Å². The van der Waals surface area contributed by atoms with Gasteiger partial charge in [0.05, 0.1) is 11.7 Å². The first-order valence-corrected chi connectivity index (χ1v) is 10.8. The maximum absolute atomic E-state index is 14.3. The van der Waals surface area contributed by atoms with Crippen LogP contribution in [0.5, 0.6) is 0 Å². The zero-order valence-electron chi connectivity index (χ0n) is 19.0. The number of H-pyrrole nitrogens is 1. The van der Waals surface area contributed by atoms with Crippen molar-refractivity contribution in [2.24, 2.45) is 0 Å². The number of aromatic nitrogens is 5. The predicted molar refractivity (Wildman–Crippen MR) is 121 cm³/mol. The van der Waals surface area contributed by atoms with Gasteiger partial charge in [-0.3, -0.25) is 19.6 Å². The van der Waals surface area contributed by atoms with Crippen LogP contribution < -0.4 is 16.4 Å². The Morgan fingerprint density at radius 1 is 1.03 bits per heavy atom. The maximum Gasteiger partial charge on any atom is 0.433 e. The second kappa shape index (κ2) is 9.42. The van der Waals surface area contributed by atoms with E-state index in [2.05, 4.69) is 30.7 Å². The zero-order chi connectivity index (χ0) is 27.0. The van der Waals surface area contributed by atoms with Crippen LogP contribution in [0.3, 0.4) is 0 Å². The average Bonchev–Trinajstić information content (AvgIpc) is 3.45. The molecule has 5 aromatic rings. The van der Waals surface area contributed by atoms with Gasteiger partial charge < -0.3 is 15.1 Å². The van der Waals surface area contributed by atoms with Gasteiger partial charge in [-0.05, 0) is 35.4 Å². The van der Waals surface area contributed by atoms with Gasteiger partial charge in [0.15, 0.2) is 17.0 Å². The largest absolute Gasteiger partial charge is 0.433 e. The van der Waals surface area contributed by atoms with Gasteiger partial charge in [-0.1, -0.05) is 6.07 Å². The van der Waals surface area contributed by atoms with Gasteiger partial charge in [-0.2, -0.15) is 18.3 Å². The van der Waals surface area contributed by atoms with Crippen LogP contribution in [-0.2, 0) is 19.3 Å². The molecule has 0 spiro atoms. The van der Waals surface area contributed by atoms with Crippen LogP contribution in [0.25, 0.3) is 16.7 Å². The highest BCUT2D eigenvalue weighted by atomic mass is 19.4. The van der Waals surface area contributed by atoms with Gasteiger partial charge in [0.2, 0.25) is 0 Å². The maximum atomic E-state index is 14.3. The fourth-order valence-corrected chi connectivity index (χ4v) is 3.61. The van der Waals surface area contributed by atoms with Crippen molar-refractivity contribution in [1.29, 1.82) is 0 Å². The van der Waals surface area contributed by atoms with Crippen molar-refractivity contribution in [1.82, 2.24) is 35.2 Å². The number of hydrogen-bond donors (Lipinski definition) is 3. The summed E-state index contributed by atoms with van der Waals surface area (Å²) in [6.07, 6.45) is -2.89. The molecule has 3 N–H and O–H groups in total. The third-order valence-electron chi connectivity index (χ3n) is 5.40. The molecule has 194 valence electrons. The van der Waals surface area contributed by atoms with Crippen LogP contribution in [0.4, 0.5) is 17.6 Å². The molecule has 5 rings (SSSR count). The Kier molecular flexibility index (Phi) is 6.10. The van der Waals surface area contributed by atoms with E-state index in [1.807, 2.05) is 0 Å². The Hall–Kier alpha value is -5.08. The molecule has 0 fully saturated rings. The van der Waals surface area contributed by atoms with Crippen LogP contribution in [0.1, 0.15) is 37.8 Å². The van der Waals surface area contributed by atoms with Gasteiger partial charge in [-0.25, -0.2) is 18.7 Å². The number of fused-ring (bicyclic) bond motifs is 2. The Balaban J connectivity index is 1.35. The summed E-state index contributed by atoms with van der Waals surface area (Å²) in [5.74, 6) is -3.11. The standard InChI is InChI=1S/C23H15F4N7O4/c24-13-10-31-34-16(21(36)30-9-12-3-4-28-18(6-12)23(25,26)27)7-15(32-19(13)34)20(35)29-8-11-1-2-17-14(5-11)33-22(37)38-17/h1-7,10H,8-9H2,(H,29,35)(H,30,36)(H,33,37). The quantitative estimate of drug-likeness (QED) is 0.287. The highest BCUT2D eigenvalue weighted by Crippen LogP contribution is 2.27. The molecule has 0 saturated carbocycles. The molecule has 0 radical (unpaired) electrons. The normalized spacial score (nSPS) is 11.7. The molecule has 0 unspecified atom stereocenters. The third-order valence-corrected chi connectivity index (χ3v) is 5.40. The fourth-order valence-electron chi connectivity index (χ4n) is 3.61. The molecule has 1 aromatic carbocycles. The number of halogens is 4. The first-order valence-electron chi connectivity index (χ1n) is 10.8. The summed E-state index contributed by atoms with van der Waals surface area (Å²) in [4.78, 5) is 46.7. The molecule has 15 heteroatoms. The number of amides is 2. The summed E-state index contributed by atoms with van der Waals surface area (Å²) in [6.45, 7) is -0.306. The minimum Gasteiger partial charge on any atom is -0.408 e. The summed E-state index contributed by atoms with van der Waals surface area (Å²) in [7, 11) is 0. The third kappa shape index (κ3) is 4.93. The van der Waals surface area contributed by atoms with Crippen LogP contribution in [0.2, 0.25) is 0 Å². The summed E-state index contributed by atoms with van der Waals surface area (Å²) in [5.41, 5.74) is -0.608. The van der Waals surface area contributed by atoms with Gasteiger partial charge >= 0.3 is 11.9 Å². The summed E-state index contributed by atoms with van der Waals surface area (Å²) in [5, 5.41) is 8.77. The van der Waals surface area contributed by atoms with E-state index >= 15 is 0 Å². The molecular formula is C23H15F4N7O4. The lowest BCUT2D eigenvalue weighted by Crippen LogP contribution is -2.28. The Labute approximate surface area is 208 Å². The topological polar surface area (TPSA) is 147 Å². The minimum absolute atomic E-state index is 0.00169. The van der Waals surface area contributed by atoms with Gasteiger partial charge in [0, 0.05) is 25.4 Å². The van der Waals surface area contributed by atoms with Crippen molar-refractivity contribution >= 4 is 28.6 Å². The fraction of sp³-hybridized carbons (Fsp3) is 0.130. The lowest BCUT2D eigenvalue weighted by Gasteiger charge is -2.11. The van der Waals surface area contributed by atoms with Gasteiger partial charge in [0.1, 0.15) is 17.1 Å². The van der Waals surface area contributed by atoms with Crippen molar-refractivity contribution in [3.05, 3.63) is 93.4 Å². The SMILES string of the molecule is O=C(NCc1ccc2oc(=O)[nH]c2c1)c1cc(C(=O)NCc2ccnc(C(F)(F)F)c2)n2ncc(F)c2n1. The van der Waals surface area contributed by atoms with E-state index in [0.717, 1.165) is 29.0 Å². The van der Waals surface area contributed by atoms with E-state index in [0.29, 0.717) is 16.7 Å². The molecule has 0 aliphatic carbocycles. The summed E-state index contributed by atoms with van der Waals surface area (Å²) in [6, 6.07) is 7.91. The van der Waals surface area contributed by atoms with Crippen molar-refractivity contribution in [2.45, 2.75) is 19.3 Å². The van der Waals surface area contributed by atoms with Gasteiger partial charge in [-0.15, -0.1) is 0 Å². The number of oxazole rings is 1. The number of alkyl halides is 3. The molecule has 0 aliphatic heterocycles. The highest BCUT2D eigenvalue weighted by Gasteiger charge is 2.32. The minimum atomic E-state index is -4.66. The molecule has 0 aliphatic rings. The van der Waals surface area contributed by atoms with E-state index in [9.17, 15) is 31.9 Å². The van der Waals surface area contributed by atoms with Crippen LogP contribution in [0, 0.1) is 5.82 Å². The summed E-state index contributed by atoms with van der Waals surface area (Å²) < 4.78 is 58.8. The van der Waals surface area contributed by atoms with Crippen LogP contribution >= 0.6 is 0 Å². The second-order valence-electron chi connectivity index (χ2n) is 8.01. The molecule has 38 heavy (non-hydrogen) atoms. The van der Waals surface area contributed by atoms with Crippen molar-refractivity contribution in [3.63, 3.8) is 0 Å². The number of benzene rings is 1. The van der Waals surface area contributed by atoms with E-state index in [1.165, 1.54) is 6.07 Å². The van der Waals surface area contributed by atoms with Crippen LogP contribution in [-0.4, -0.2) is 36.4 Å². The zero-order valence-corrected chi connectivity index (χ0v) is 19.0. The first-order chi connectivity index (χ1) is 18.1. The number of rotatable bonds is 6. The number of aromatic amines is 1. The number of pyridine rings is 1. The molecule has 0 atom stereocenters. The molecule has 0 bridgehead atoms. The van der Waals surface area contributed by atoms with Crippen LogP contribution in [0.15, 0.2) is 58.0 Å². The molecule has 4 heterocycles. The number of nitrogens with one attached hydrogen (secondary N) is 3. The van der Waals surface area contributed by atoms with E-state index in [-0.39, 0.29) is 30.0 Å². The molecule has 11 nitrogen and oxygen atoms in total. The van der Waals surface area contributed by atoms with Gasteiger partial charge in [0.25, 0.3) is 11.8 Å². The number of carbonyl (C=O) groups is 2. The molecule has 0 saturated heterocycles. The highest BCUT2D eigenvalue weighted by molar-refractivity contribution is 5.98. The lowest BCUT2D eigenvalue weighted by atomic mass is 10.2. The van der Waals surface area contributed by atoms with Crippen molar-refractivity contribution < 1.29 is 31.6 Å². The second-order valence-corrected chi connectivity index (χ2v) is 8.01. The summed E-state index contributed by atoms with van der Waals surface area (Å²) >= 11 is 0. The predicted octanol–water partition coefficient (Wildman–Crippen LogP) is 2.58. The number of carbonyl (C=O) groups excluding carboxylic acids is 2. The molecule has 2 amide bonds. The van der Waals surface area contributed by atoms with E-state index < -0.39 is 40.9 Å². The number of nitrogens with zero attached hydrogens (tertiary/aromatic N) is 4. The Bertz CT molecular complexity index is 1760. The monoisotopic (exact) mass is 529 g/mol. The Morgan fingerprint density at radius 2 is 1.76 bits per heavy atom.